The number of carbonyl (C=O) groups excluding carboxylic acids is 3. The number of hydrogen-bond acceptors (Lipinski definition) is 6. The summed E-state index contributed by atoms with van der Waals surface area (Å²) >= 11 is 0. The number of nitrogens with zero attached hydrogens (tertiary/aromatic N) is 3. The number of benzene rings is 1. The van der Waals surface area contributed by atoms with Gasteiger partial charge < -0.3 is 15.5 Å². The van der Waals surface area contributed by atoms with Gasteiger partial charge in [0, 0.05) is 25.7 Å². The lowest BCUT2D eigenvalue weighted by Crippen LogP contribution is -2.56. The molecule has 2 fully saturated rings. The van der Waals surface area contributed by atoms with Crippen LogP contribution in [0.15, 0.2) is 24.3 Å². The molecule has 9 heteroatoms. The highest BCUT2D eigenvalue weighted by Crippen LogP contribution is 2.31. The molecule has 3 amide bonds. The highest BCUT2D eigenvalue weighted by molar-refractivity contribution is 5.89. The zero-order valence-electron chi connectivity index (χ0n) is 22.3. The fourth-order valence-corrected chi connectivity index (χ4v) is 5.36. The van der Waals surface area contributed by atoms with E-state index in [2.05, 4.69) is 16.7 Å². The lowest BCUT2D eigenvalue weighted by molar-refractivity contribution is -0.155. The Morgan fingerprint density at radius 1 is 1.22 bits per heavy atom. The molecule has 1 heterocycles. The largest absolute Gasteiger partial charge is 0.344 e. The zero-order valence-corrected chi connectivity index (χ0v) is 22.3. The number of nitrogens with one attached hydrogen (secondary N) is 2. The second-order valence-electron chi connectivity index (χ2n) is 11.6. The van der Waals surface area contributed by atoms with E-state index in [0.717, 1.165) is 37.7 Å². The monoisotopic (exact) mass is 511 g/mol. The summed E-state index contributed by atoms with van der Waals surface area (Å²) in [5.74, 6) is -0.590. The summed E-state index contributed by atoms with van der Waals surface area (Å²) in [6.07, 6.45) is 6.08. The van der Waals surface area contributed by atoms with Gasteiger partial charge >= 0.3 is 0 Å². The molecule has 0 unspecified atom stereocenters. The van der Waals surface area contributed by atoms with Crippen molar-refractivity contribution in [2.75, 3.05) is 19.6 Å². The Morgan fingerprint density at radius 3 is 2.49 bits per heavy atom. The summed E-state index contributed by atoms with van der Waals surface area (Å²) in [7, 11) is 0. The Labute approximate surface area is 220 Å². The van der Waals surface area contributed by atoms with Gasteiger partial charge in [-0.15, -0.1) is 0 Å². The fraction of sp³-hybridized carbons (Fsp3) is 0.643. The van der Waals surface area contributed by atoms with Crippen molar-refractivity contribution >= 4 is 18.2 Å². The first kappa shape index (κ1) is 28.6. The van der Waals surface area contributed by atoms with Crippen molar-refractivity contribution in [3.05, 3.63) is 35.4 Å². The van der Waals surface area contributed by atoms with E-state index >= 15 is 0 Å². The summed E-state index contributed by atoms with van der Waals surface area (Å²) in [6, 6.07) is 8.98. The second kappa shape index (κ2) is 13.0. The van der Waals surface area contributed by atoms with Crippen LogP contribution in [0.4, 0.5) is 0 Å². The minimum Gasteiger partial charge on any atom is -0.344 e. The van der Waals surface area contributed by atoms with Crippen LogP contribution in [0.25, 0.3) is 0 Å². The van der Waals surface area contributed by atoms with Crippen LogP contribution >= 0.6 is 0 Å². The van der Waals surface area contributed by atoms with Crippen LogP contribution < -0.4 is 10.6 Å². The molecule has 1 saturated carbocycles. The molecule has 1 aromatic carbocycles. The van der Waals surface area contributed by atoms with E-state index in [4.69, 9.17) is 5.26 Å². The molecular weight excluding hydrogens is 470 g/mol. The van der Waals surface area contributed by atoms with Crippen molar-refractivity contribution in [1.82, 2.24) is 20.6 Å². The molecule has 1 aromatic rings. The van der Waals surface area contributed by atoms with Crippen LogP contribution in [-0.2, 0) is 20.9 Å². The maximum absolute atomic E-state index is 13.6. The van der Waals surface area contributed by atoms with E-state index in [1.807, 2.05) is 37.8 Å². The van der Waals surface area contributed by atoms with Crippen molar-refractivity contribution < 1.29 is 19.6 Å². The first-order chi connectivity index (χ1) is 17.6. The number of rotatable bonds is 11. The van der Waals surface area contributed by atoms with E-state index < -0.39 is 17.4 Å². The molecule has 3 atom stereocenters. The standard InChI is InChI=1S/C28H41N5O4/c1-28(2,3)25(31-26(35)23(17-33(37)19-34)14-20-6-4-5-7-20)27(36)32-13-12-24(18-32)30-16-22-10-8-21(15-29)9-11-22/h8-11,19-20,23-25,30,37H,4-7,12-14,16-18H2,1-3H3,(H,31,35)/t23-,24+,25-/m1/s1. The fourth-order valence-electron chi connectivity index (χ4n) is 5.36. The van der Waals surface area contributed by atoms with Gasteiger partial charge in [-0.05, 0) is 41.9 Å². The second-order valence-corrected chi connectivity index (χ2v) is 11.6. The molecule has 202 valence electrons. The lowest BCUT2D eigenvalue weighted by Gasteiger charge is -2.35. The Kier molecular flexibility index (Phi) is 10.1. The highest BCUT2D eigenvalue weighted by atomic mass is 16.5. The van der Waals surface area contributed by atoms with Crippen molar-refractivity contribution in [2.45, 2.75) is 77.9 Å². The molecule has 0 radical (unpaired) electrons. The third-order valence-corrected chi connectivity index (χ3v) is 7.57. The van der Waals surface area contributed by atoms with Gasteiger partial charge in [0.15, 0.2) is 0 Å². The van der Waals surface area contributed by atoms with Gasteiger partial charge in [-0.2, -0.15) is 5.26 Å². The van der Waals surface area contributed by atoms with Gasteiger partial charge in [0.05, 0.1) is 24.1 Å². The molecule has 1 aliphatic heterocycles. The van der Waals surface area contributed by atoms with Crippen molar-refractivity contribution in [1.29, 1.82) is 5.26 Å². The molecule has 0 spiro atoms. The number of amides is 3. The van der Waals surface area contributed by atoms with Crippen molar-refractivity contribution in [2.24, 2.45) is 17.3 Å². The van der Waals surface area contributed by atoms with Gasteiger partial charge in [-0.25, -0.2) is 5.06 Å². The van der Waals surface area contributed by atoms with Crippen LogP contribution in [0.1, 0.15) is 70.4 Å². The first-order valence-corrected chi connectivity index (χ1v) is 13.3. The number of likely N-dealkylation sites (tertiary alicyclic amines) is 1. The average molecular weight is 512 g/mol. The number of carbonyl (C=O) groups is 3. The van der Waals surface area contributed by atoms with Gasteiger partial charge in [0.2, 0.25) is 18.2 Å². The molecule has 1 saturated heterocycles. The van der Waals surface area contributed by atoms with E-state index in [-0.39, 0.29) is 24.4 Å². The van der Waals surface area contributed by atoms with E-state index in [9.17, 15) is 19.6 Å². The van der Waals surface area contributed by atoms with Crippen LogP contribution in [-0.4, -0.2) is 65.1 Å². The molecule has 3 rings (SSSR count). The molecule has 9 nitrogen and oxygen atoms in total. The van der Waals surface area contributed by atoms with Gasteiger partial charge in [0.25, 0.3) is 0 Å². The van der Waals surface area contributed by atoms with Crippen LogP contribution in [0.2, 0.25) is 0 Å². The predicted octanol–water partition coefficient (Wildman–Crippen LogP) is 2.82. The maximum atomic E-state index is 13.6. The summed E-state index contributed by atoms with van der Waals surface area (Å²) in [4.78, 5) is 39.8. The molecule has 3 N–H and O–H groups in total. The molecule has 0 aromatic heterocycles. The summed E-state index contributed by atoms with van der Waals surface area (Å²) in [6.45, 7) is 7.52. The minimum atomic E-state index is -0.716. The summed E-state index contributed by atoms with van der Waals surface area (Å²) < 4.78 is 0. The van der Waals surface area contributed by atoms with Crippen LogP contribution in [0.3, 0.4) is 0 Å². The lowest BCUT2D eigenvalue weighted by atomic mass is 9.84. The molecular formula is C28H41N5O4. The van der Waals surface area contributed by atoms with E-state index in [0.29, 0.717) is 49.0 Å². The van der Waals surface area contributed by atoms with E-state index in [1.165, 1.54) is 0 Å². The minimum absolute atomic E-state index is 0.0814. The van der Waals surface area contributed by atoms with E-state index in [1.54, 1.807) is 12.1 Å². The summed E-state index contributed by atoms with van der Waals surface area (Å²) in [5, 5.41) is 25.8. The molecule has 2 aliphatic rings. The maximum Gasteiger partial charge on any atom is 0.245 e. The summed E-state index contributed by atoms with van der Waals surface area (Å²) in [5.41, 5.74) is 1.19. The van der Waals surface area contributed by atoms with Crippen molar-refractivity contribution in [3.63, 3.8) is 0 Å². The first-order valence-electron chi connectivity index (χ1n) is 13.3. The molecule has 37 heavy (non-hydrogen) atoms. The Morgan fingerprint density at radius 2 is 1.89 bits per heavy atom. The Bertz CT molecular complexity index is 962. The predicted molar refractivity (Wildman–Crippen MR) is 139 cm³/mol. The topological polar surface area (TPSA) is 126 Å². The Hall–Kier alpha value is -2.96. The van der Waals surface area contributed by atoms with Gasteiger partial charge in [0.1, 0.15) is 6.04 Å². The number of hydrogen-bond donors (Lipinski definition) is 3. The average Bonchev–Trinajstić information content (AvgIpc) is 3.57. The number of nitriles is 1. The molecule has 0 bridgehead atoms. The SMILES string of the molecule is CC(C)(C)[C@H](NC(=O)[C@H](CC1CCCC1)CN(O)C=O)C(=O)N1CC[C@H](NCc2ccc(C#N)cc2)C1. The quantitative estimate of drug-likeness (QED) is 0.238. The van der Waals surface area contributed by atoms with Crippen molar-refractivity contribution in [3.8, 4) is 6.07 Å². The van der Waals surface area contributed by atoms with Gasteiger partial charge in [-0.3, -0.25) is 19.6 Å². The normalized spacial score (nSPS) is 19.8. The van der Waals surface area contributed by atoms with Crippen LogP contribution in [0, 0.1) is 28.6 Å². The van der Waals surface area contributed by atoms with Crippen LogP contribution in [0.5, 0.6) is 0 Å². The third kappa shape index (κ3) is 8.27. The zero-order chi connectivity index (χ0) is 27.0. The smallest absolute Gasteiger partial charge is 0.245 e. The Balaban J connectivity index is 1.61. The van der Waals surface area contributed by atoms with Gasteiger partial charge in [-0.1, -0.05) is 58.6 Å². The highest BCUT2D eigenvalue weighted by Gasteiger charge is 2.39. The number of hydroxylamine groups is 2. The molecule has 1 aliphatic carbocycles. The third-order valence-electron chi connectivity index (χ3n) is 7.57.